The summed E-state index contributed by atoms with van der Waals surface area (Å²) in [6.45, 7) is 0.330. The Morgan fingerprint density at radius 3 is 2.76 bits per heavy atom. The summed E-state index contributed by atoms with van der Waals surface area (Å²) in [6.07, 6.45) is 1.38. The Morgan fingerprint density at radius 2 is 2.18 bits per heavy atom. The molecule has 6 heteroatoms. The minimum atomic E-state index is -0.551. The smallest absolute Gasteiger partial charge is 0.294 e. The molecule has 1 fully saturated rings. The van der Waals surface area contributed by atoms with Gasteiger partial charge in [-0.1, -0.05) is 28.9 Å². The van der Waals surface area contributed by atoms with Gasteiger partial charge in [0.2, 0.25) is 5.78 Å². The fourth-order valence-corrected chi connectivity index (χ4v) is 1.99. The van der Waals surface area contributed by atoms with Crippen molar-refractivity contribution in [3.05, 3.63) is 28.8 Å². The van der Waals surface area contributed by atoms with Crippen molar-refractivity contribution in [3.63, 3.8) is 0 Å². The predicted octanol–water partition coefficient (Wildman–Crippen LogP) is 1.45. The van der Waals surface area contributed by atoms with Gasteiger partial charge in [0.1, 0.15) is 0 Å². The zero-order chi connectivity index (χ0) is 12.4. The number of Topliss-reactive ketones (excluding diaryl/α,β-unsaturated/α-hetero) is 1. The zero-order valence-corrected chi connectivity index (χ0v) is 9.52. The normalized spacial score (nSPS) is 16.2. The molecule has 88 valence electrons. The van der Waals surface area contributed by atoms with Gasteiger partial charge in [-0.15, -0.1) is 0 Å². The number of hydrogen-bond donors (Lipinski definition) is 1. The third-order valence-corrected chi connectivity index (χ3v) is 2.95. The van der Waals surface area contributed by atoms with Crippen molar-refractivity contribution in [2.75, 3.05) is 11.4 Å². The molecule has 0 saturated carbocycles. The van der Waals surface area contributed by atoms with Gasteiger partial charge in [0.25, 0.3) is 5.91 Å². The quantitative estimate of drug-likeness (QED) is 0.375. The molecule has 2 rings (SSSR count). The highest BCUT2D eigenvalue weighted by molar-refractivity contribution is 6.45. The first-order valence-electron chi connectivity index (χ1n) is 4.96. The molecule has 1 aliphatic rings. The van der Waals surface area contributed by atoms with Gasteiger partial charge in [-0.2, -0.15) is 0 Å². The van der Waals surface area contributed by atoms with E-state index in [4.69, 9.17) is 16.8 Å². The van der Waals surface area contributed by atoms with E-state index < -0.39 is 11.7 Å². The van der Waals surface area contributed by atoms with Crippen molar-refractivity contribution in [2.45, 2.75) is 6.42 Å². The topological polar surface area (TPSA) is 70.0 Å². The number of anilines is 1. The van der Waals surface area contributed by atoms with Crippen molar-refractivity contribution in [1.82, 2.24) is 0 Å². The minimum absolute atomic E-state index is 0.202. The lowest BCUT2D eigenvalue weighted by Crippen LogP contribution is -2.27. The van der Waals surface area contributed by atoms with Crippen molar-refractivity contribution in [1.29, 1.82) is 0 Å². The van der Waals surface area contributed by atoms with E-state index in [0.717, 1.165) is 0 Å². The summed E-state index contributed by atoms with van der Waals surface area (Å²) in [7, 11) is 0. The van der Waals surface area contributed by atoms with Crippen LogP contribution in [-0.2, 0) is 9.59 Å². The van der Waals surface area contributed by atoms with Gasteiger partial charge in [0.05, 0.1) is 16.9 Å². The summed E-state index contributed by atoms with van der Waals surface area (Å²) in [4.78, 5) is 24.1. The molecule has 1 N–H and O–H groups in total. The Hall–Kier alpha value is -1.88. The number of ketones is 1. The second kappa shape index (κ2) is 4.55. The first-order valence-corrected chi connectivity index (χ1v) is 5.33. The van der Waals surface area contributed by atoms with Crippen LogP contribution in [-0.4, -0.2) is 29.7 Å². The molecule has 0 spiro atoms. The molecule has 5 nitrogen and oxygen atoms in total. The maximum Gasteiger partial charge on any atom is 0.294 e. The van der Waals surface area contributed by atoms with Crippen LogP contribution in [0.15, 0.2) is 23.4 Å². The van der Waals surface area contributed by atoms with Crippen molar-refractivity contribution < 1.29 is 14.8 Å². The molecule has 0 aliphatic carbocycles. The monoisotopic (exact) mass is 252 g/mol. The largest absolute Gasteiger partial charge is 0.411 e. The summed E-state index contributed by atoms with van der Waals surface area (Å²) in [6, 6.07) is 4.97. The molecule has 1 saturated heterocycles. The number of amides is 1. The van der Waals surface area contributed by atoms with Crippen LogP contribution >= 0.6 is 11.6 Å². The molecule has 1 aromatic rings. The van der Waals surface area contributed by atoms with Gasteiger partial charge in [0, 0.05) is 18.5 Å². The second-order valence-corrected chi connectivity index (χ2v) is 3.93. The molecule has 1 heterocycles. The van der Waals surface area contributed by atoms with Crippen LogP contribution in [0.1, 0.15) is 12.0 Å². The number of nitrogens with zero attached hydrogens (tertiary/aromatic N) is 2. The molecule has 0 unspecified atom stereocenters. The molecule has 1 aromatic carbocycles. The summed E-state index contributed by atoms with van der Waals surface area (Å²) in [5, 5.41) is 11.6. The number of benzene rings is 1. The predicted molar refractivity (Wildman–Crippen MR) is 62.8 cm³/mol. The van der Waals surface area contributed by atoms with Crippen LogP contribution < -0.4 is 4.90 Å². The van der Waals surface area contributed by atoms with Gasteiger partial charge in [0.15, 0.2) is 0 Å². The number of carbonyl (C=O) groups is 2. The standard InChI is InChI=1S/C11H9ClN2O3/c12-10-7(6-13-17)2-1-3-8(10)14-5-4-9(15)11(14)16/h1-3,6,17H,4-5H2. The highest BCUT2D eigenvalue weighted by Gasteiger charge is 2.31. The van der Waals surface area contributed by atoms with Crippen LogP contribution in [0.3, 0.4) is 0 Å². The minimum Gasteiger partial charge on any atom is -0.411 e. The molecule has 1 amide bonds. The maximum absolute atomic E-state index is 11.6. The lowest BCUT2D eigenvalue weighted by Gasteiger charge is -2.17. The van der Waals surface area contributed by atoms with E-state index in [1.54, 1.807) is 18.2 Å². The van der Waals surface area contributed by atoms with Crippen LogP contribution in [0.5, 0.6) is 0 Å². The van der Waals surface area contributed by atoms with E-state index in [0.29, 0.717) is 17.8 Å². The molecule has 0 bridgehead atoms. The third-order valence-electron chi connectivity index (χ3n) is 2.54. The van der Waals surface area contributed by atoms with E-state index in [-0.39, 0.29) is 11.4 Å². The van der Waals surface area contributed by atoms with E-state index in [1.807, 2.05) is 0 Å². The molecule has 1 aliphatic heterocycles. The van der Waals surface area contributed by atoms with Gasteiger partial charge >= 0.3 is 0 Å². The summed E-state index contributed by atoms with van der Waals surface area (Å²) >= 11 is 6.07. The summed E-state index contributed by atoms with van der Waals surface area (Å²) in [5.41, 5.74) is 0.943. The van der Waals surface area contributed by atoms with E-state index >= 15 is 0 Å². The Labute approximate surface area is 102 Å². The molecular formula is C11H9ClN2O3. The first kappa shape index (κ1) is 11.6. The Balaban J connectivity index is 2.43. The number of halogens is 1. The van der Waals surface area contributed by atoms with Gasteiger partial charge in [-0.25, -0.2) is 0 Å². The van der Waals surface area contributed by atoms with Crippen LogP contribution in [0, 0.1) is 0 Å². The highest BCUT2D eigenvalue weighted by Crippen LogP contribution is 2.30. The molecule has 0 aromatic heterocycles. The van der Waals surface area contributed by atoms with E-state index in [2.05, 4.69) is 5.16 Å². The Kier molecular flexibility index (Phi) is 3.10. The lowest BCUT2D eigenvalue weighted by atomic mass is 10.2. The molecule has 17 heavy (non-hydrogen) atoms. The van der Waals surface area contributed by atoms with E-state index in [9.17, 15) is 9.59 Å². The maximum atomic E-state index is 11.6. The average molecular weight is 253 g/mol. The second-order valence-electron chi connectivity index (χ2n) is 3.55. The number of carbonyl (C=O) groups excluding carboxylic acids is 2. The SMILES string of the molecule is O=C1CCN(c2cccc(C=NO)c2Cl)C1=O. The highest BCUT2D eigenvalue weighted by atomic mass is 35.5. The summed E-state index contributed by atoms with van der Waals surface area (Å²) < 4.78 is 0. The van der Waals surface area contributed by atoms with Gasteiger partial charge in [-0.3, -0.25) is 9.59 Å². The number of rotatable bonds is 2. The van der Waals surface area contributed by atoms with Crippen molar-refractivity contribution in [2.24, 2.45) is 5.16 Å². The Bertz CT molecular complexity index is 513. The molecule has 0 atom stereocenters. The zero-order valence-electron chi connectivity index (χ0n) is 8.76. The van der Waals surface area contributed by atoms with Gasteiger partial charge < -0.3 is 10.1 Å². The van der Waals surface area contributed by atoms with E-state index in [1.165, 1.54) is 11.1 Å². The fourth-order valence-electron chi connectivity index (χ4n) is 1.71. The lowest BCUT2D eigenvalue weighted by molar-refractivity contribution is -0.133. The first-order chi connectivity index (χ1) is 8.15. The van der Waals surface area contributed by atoms with Crippen molar-refractivity contribution in [3.8, 4) is 0 Å². The summed E-state index contributed by atoms with van der Waals surface area (Å²) in [5.74, 6) is -0.965. The molecular weight excluding hydrogens is 244 g/mol. The number of oxime groups is 1. The van der Waals surface area contributed by atoms with Crippen molar-refractivity contribution >= 4 is 35.2 Å². The van der Waals surface area contributed by atoms with Crippen LogP contribution in [0.4, 0.5) is 5.69 Å². The third kappa shape index (κ3) is 2.01. The number of hydrogen-bond acceptors (Lipinski definition) is 4. The van der Waals surface area contributed by atoms with Crippen LogP contribution in [0.25, 0.3) is 0 Å². The average Bonchev–Trinajstić information content (AvgIpc) is 2.64. The molecule has 0 radical (unpaired) electrons. The van der Waals surface area contributed by atoms with Crippen LogP contribution in [0.2, 0.25) is 5.02 Å². The Morgan fingerprint density at radius 1 is 1.41 bits per heavy atom. The fraction of sp³-hybridized carbons (Fsp3) is 0.182. The van der Waals surface area contributed by atoms with Gasteiger partial charge in [-0.05, 0) is 6.07 Å².